The van der Waals surface area contributed by atoms with Gasteiger partial charge < -0.3 is 14.8 Å². The summed E-state index contributed by atoms with van der Waals surface area (Å²) in [5, 5.41) is 10.1. The van der Waals surface area contributed by atoms with Crippen LogP contribution in [0.3, 0.4) is 0 Å². The van der Waals surface area contributed by atoms with E-state index in [2.05, 4.69) is 31.0 Å². The van der Waals surface area contributed by atoms with Gasteiger partial charge in [0.25, 0.3) is 0 Å². The van der Waals surface area contributed by atoms with Crippen LogP contribution >= 0.6 is 0 Å². The van der Waals surface area contributed by atoms with Crippen molar-refractivity contribution in [2.75, 3.05) is 7.11 Å². The summed E-state index contributed by atoms with van der Waals surface area (Å²) in [4.78, 5) is 20.0. The van der Waals surface area contributed by atoms with E-state index in [0.29, 0.717) is 5.75 Å². The van der Waals surface area contributed by atoms with Gasteiger partial charge in [0, 0.05) is 35.9 Å². The fourth-order valence-electron chi connectivity index (χ4n) is 4.62. The molecule has 0 saturated carbocycles. The average Bonchev–Trinajstić information content (AvgIpc) is 2.65. The standard InChI is InChI=1S/C23H24N2O3/c1-4-17-16-9-14(2)12-23(17,18-6-8-22(27)25-19(18)11-16)24-13-15-5-7-21(28-3)20(26)10-15/h4-10,13,16,26H,11-12H2,1-3H3,(H,25,27). The van der Waals surface area contributed by atoms with Crippen LogP contribution in [0.25, 0.3) is 0 Å². The number of ether oxygens (including phenoxy) is 1. The Bertz CT molecular complexity index is 1080. The maximum absolute atomic E-state index is 11.9. The number of benzene rings is 1. The number of phenolic OH excluding ortho intramolecular Hbond substituents is 1. The first-order valence-electron chi connectivity index (χ1n) is 9.45. The van der Waals surface area contributed by atoms with E-state index in [0.717, 1.165) is 29.7 Å². The van der Waals surface area contributed by atoms with E-state index in [4.69, 9.17) is 9.73 Å². The molecule has 2 aromatic rings. The van der Waals surface area contributed by atoms with Crippen LogP contribution in [0.1, 0.15) is 37.1 Å². The number of aliphatic imine (C=N–C) groups is 1. The second-order valence-electron chi connectivity index (χ2n) is 7.51. The molecular weight excluding hydrogens is 352 g/mol. The molecule has 0 radical (unpaired) electrons. The van der Waals surface area contributed by atoms with Gasteiger partial charge in [0.2, 0.25) is 5.56 Å². The molecule has 4 rings (SSSR count). The Hall–Kier alpha value is -3.08. The first-order chi connectivity index (χ1) is 13.5. The van der Waals surface area contributed by atoms with Crippen molar-refractivity contribution in [1.82, 2.24) is 4.98 Å². The SMILES string of the molecule is CC=C1C2C=C(C)CC1(N=Cc1ccc(OC)c(O)c1)c1ccc(=O)[nH]c1C2. The second kappa shape index (κ2) is 6.82. The first kappa shape index (κ1) is 18.3. The summed E-state index contributed by atoms with van der Waals surface area (Å²) >= 11 is 0. The molecule has 0 fully saturated rings. The molecule has 28 heavy (non-hydrogen) atoms. The Kier molecular flexibility index (Phi) is 4.46. The molecule has 5 nitrogen and oxygen atoms in total. The number of nitrogens with one attached hydrogen (secondary N) is 1. The van der Waals surface area contributed by atoms with Crippen molar-refractivity contribution in [2.24, 2.45) is 10.9 Å². The predicted octanol–water partition coefficient (Wildman–Crippen LogP) is 3.87. The zero-order valence-electron chi connectivity index (χ0n) is 16.3. The molecule has 2 aliphatic carbocycles. The van der Waals surface area contributed by atoms with Crippen molar-refractivity contribution in [3.63, 3.8) is 0 Å². The molecule has 1 heterocycles. The van der Waals surface area contributed by atoms with Gasteiger partial charge in [-0.3, -0.25) is 9.79 Å². The minimum atomic E-state index is -0.536. The van der Waals surface area contributed by atoms with Gasteiger partial charge in [0.1, 0.15) is 5.54 Å². The number of nitrogens with zero attached hydrogens (tertiary/aromatic N) is 1. The molecule has 0 amide bonds. The lowest BCUT2D eigenvalue weighted by Gasteiger charge is -2.45. The number of fused-ring (bicyclic) bond motifs is 4. The molecule has 1 aromatic heterocycles. The summed E-state index contributed by atoms with van der Waals surface area (Å²) in [5.41, 5.74) is 4.74. The maximum atomic E-state index is 11.9. The van der Waals surface area contributed by atoms with E-state index in [9.17, 15) is 9.90 Å². The summed E-state index contributed by atoms with van der Waals surface area (Å²) in [7, 11) is 1.52. The van der Waals surface area contributed by atoms with Gasteiger partial charge >= 0.3 is 0 Å². The van der Waals surface area contributed by atoms with Gasteiger partial charge in [-0.1, -0.05) is 17.7 Å². The Morgan fingerprint density at radius 3 is 2.86 bits per heavy atom. The van der Waals surface area contributed by atoms with E-state index in [-0.39, 0.29) is 17.2 Å². The second-order valence-corrected chi connectivity index (χ2v) is 7.51. The number of rotatable bonds is 3. The van der Waals surface area contributed by atoms with E-state index in [1.807, 2.05) is 12.1 Å². The van der Waals surface area contributed by atoms with Crippen molar-refractivity contribution < 1.29 is 9.84 Å². The smallest absolute Gasteiger partial charge is 0.248 e. The molecule has 2 N–H and O–H groups in total. The monoisotopic (exact) mass is 376 g/mol. The van der Waals surface area contributed by atoms with Gasteiger partial charge in [-0.15, -0.1) is 0 Å². The molecular formula is C23H24N2O3. The summed E-state index contributed by atoms with van der Waals surface area (Å²) < 4.78 is 5.12. The van der Waals surface area contributed by atoms with Crippen molar-refractivity contribution in [3.05, 3.63) is 80.8 Å². The topological polar surface area (TPSA) is 74.7 Å². The summed E-state index contributed by atoms with van der Waals surface area (Å²) in [6, 6.07) is 8.74. The van der Waals surface area contributed by atoms with Crippen molar-refractivity contribution in [3.8, 4) is 11.5 Å². The molecule has 2 atom stereocenters. The Morgan fingerprint density at radius 1 is 1.32 bits per heavy atom. The number of phenols is 1. The van der Waals surface area contributed by atoms with Crippen molar-refractivity contribution in [1.29, 1.82) is 0 Å². The van der Waals surface area contributed by atoms with E-state index < -0.39 is 5.54 Å². The number of aromatic hydroxyl groups is 1. The molecule has 0 saturated heterocycles. The Labute approximate surface area is 164 Å². The number of H-pyrrole nitrogens is 1. The molecule has 5 heteroatoms. The van der Waals surface area contributed by atoms with E-state index in [1.165, 1.54) is 18.3 Å². The largest absolute Gasteiger partial charge is 0.504 e. The Morgan fingerprint density at radius 2 is 2.14 bits per heavy atom. The van der Waals surface area contributed by atoms with Crippen LogP contribution in [0, 0.1) is 5.92 Å². The maximum Gasteiger partial charge on any atom is 0.248 e. The van der Waals surface area contributed by atoms with Crippen LogP contribution in [0.5, 0.6) is 11.5 Å². The number of aromatic amines is 1. The first-order valence-corrected chi connectivity index (χ1v) is 9.45. The normalized spacial score (nSPS) is 24.9. The van der Waals surface area contributed by atoms with Gasteiger partial charge in [-0.25, -0.2) is 0 Å². The third kappa shape index (κ3) is 2.87. The van der Waals surface area contributed by atoms with Gasteiger partial charge in [-0.2, -0.15) is 0 Å². The van der Waals surface area contributed by atoms with Gasteiger partial charge in [0.05, 0.1) is 7.11 Å². The predicted molar refractivity (Wildman–Crippen MR) is 110 cm³/mol. The highest BCUT2D eigenvalue weighted by atomic mass is 16.5. The third-order valence-corrected chi connectivity index (χ3v) is 5.72. The number of pyridine rings is 1. The van der Waals surface area contributed by atoms with Crippen LogP contribution in [0.15, 0.2) is 63.4 Å². The van der Waals surface area contributed by atoms with Crippen molar-refractivity contribution in [2.45, 2.75) is 32.2 Å². The lowest BCUT2D eigenvalue weighted by atomic mass is 9.63. The van der Waals surface area contributed by atoms with E-state index in [1.54, 1.807) is 24.4 Å². The number of aromatic nitrogens is 1. The zero-order valence-corrected chi connectivity index (χ0v) is 16.3. The number of allylic oxidation sites excluding steroid dienone is 2. The van der Waals surface area contributed by atoms with Crippen LogP contribution < -0.4 is 10.3 Å². The summed E-state index contributed by atoms with van der Waals surface area (Å²) in [6.07, 6.45) is 7.80. The highest BCUT2D eigenvalue weighted by molar-refractivity contribution is 5.82. The van der Waals surface area contributed by atoms with Crippen LogP contribution in [-0.4, -0.2) is 23.4 Å². The average molecular weight is 376 g/mol. The van der Waals surface area contributed by atoms with Gasteiger partial charge in [-0.05, 0) is 55.7 Å². The van der Waals surface area contributed by atoms with E-state index >= 15 is 0 Å². The summed E-state index contributed by atoms with van der Waals surface area (Å²) in [5.74, 6) is 0.744. The molecule has 2 aliphatic rings. The quantitative estimate of drug-likeness (QED) is 0.631. The third-order valence-electron chi connectivity index (χ3n) is 5.72. The summed E-state index contributed by atoms with van der Waals surface area (Å²) in [6.45, 7) is 4.19. The van der Waals surface area contributed by atoms with Crippen LogP contribution in [-0.2, 0) is 12.0 Å². The van der Waals surface area contributed by atoms with Crippen LogP contribution in [0.4, 0.5) is 0 Å². The molecule has 0 spiro atoms. The molecule has 144 valence electrons. The number of methoxy groups -OCH3 is 1. The molecule has 2 unspecified atom stereocenters. The highest BCUT2D eigenvalue weighted by Crippen LogP contribution is 2.51. The fourth-order valence-corrected chi connectivity index (χ4v) is 4.62. The van der Waals surface area contributed by atoms with Crippen LogP contribution in [0.2, 0.25) is 0 Å². The molecule has 0 aliphatic heterocycles. The molecule has 2 bridgehead atoms. The minimum absolute atomic E-state index is 0.0827. The molecule has 1 aromatic carbocycles. The Balaban J connectivity index is 1.87. The highest BCUT2D eigenvalue weighted by Gasteiger charge is 2.46. The minimum Gasteiger partial charge on any atom is -0.504 e. The lowest BCUT2D eigenvalue weighted by molar-refractivity contribution is 0.373. The lowest BCUT2D eigenvalue weighted by Crippen LogP contribution is -2.40. The number of hydrogen-bond donors (Lipinski definition) is 2. The van der Waals surface area contributed by atoms with Gasteiger partial charge in [0.15, 0.2) is 11.5 Å². The van der Waals surface area contributed by atoms with Crippen molar-refractivity contribution >= 4 is 6.21 Å². The fraction of sp³-hybridized carbons (Fsp3) is 0.304. The number of hydrogen-bond acceptors (Lipinski definition) is 4. The zero-order chi connectivity index (χ0) is 19.9.